The first kappa shape index (κ1) is 12.9. The second-order valence-corrected chi connectivity index (χ2v) is 4.65. The Morgan fingerprint density at radius 1 is 1.44 bits per heavy atom. The predicted molar refractivity (Wildman–Crippen MR) is 67.9 cm³/mol. The van der Waals surface area contributed by atoms with Crippen LogP contribution < -0.4 is 5.32 Å². The Morgan fingerprint density at radius 2 is 2.17 bits per heavy atom. The molecule has 0 aliphatic heterocycles. The molecule has 0 saturated heterocycles. The SMILES string of the molecule is CCOC(=O)C1(Nc2cccc(F)c2)CCCC1. The molecular weight excluding hydrogens is 233 g/mol. The molecule has 1 fully saturated rings. The Balaban J connectivity index is 2.18. The molecule has 1 aliphatic carbocycles. The first-order valence-electron chi connectivity index (χ1n) is 6.37. The predicted octanol–water partition coefficient (Wildman–Crippen LogP) is 3.11. The van der Waals surface area contributed by atoms with Gasteiger partial charge in [-0.2, -0.15) is 0 Å². The normalized spacial score (nSPS) is 17.4. The summed E-state index contributed by atoms with van der Waals surface area (Å²) < 4.78 is 18.3. The maximum absolute atomic E-state index is 13.2. The van der Waals surface area contributed by atoms with Crippen LogP contribution in [0.15, 0.2) is 24.3 Å². The van der Waals surface area contributed by atoms with Crippen LogP contribution in [0.1, 0.15) is 32.6 Å². The highest BCUT2D eigenvalue weighted by Gasteiger charge is 2.42. The lowest BCUT2D eigenvalue weighted by Gasteiger charge is -2.28. The van der Waals surface area contributed by atoms with Crippen LogP contribution in [0.2, 0.25) is 0 Å². The summed E-state index contributed by atoms with van der Waals surface area (Å²) in [4.78, 5) is 12.1. The second kappa shape index (κ2) is 5.38. The molecule has 1 aromatic carbocycles. The van der Waals surface area contributed by atoms with E-state index in [0.717, 1.165) is 25.7 Å². The van der Waals surface area contributed by atoms with Gasteiger partial charge in [-0.25, -0.2) is 9.18 Å². The summed E-state index contributed by atoms with van der Waals surface area (Å²) in [5.74, 6) is -0.538. The molecule has 1 aliphatic rings. The van der Waals surface area contributed by atoms with E-state index >= 15 is 0 Å². The molecule has 0 spiro atoms. The van der Waals surface area contributed by atoms with E-state index < -0.39 is 5.54 Å². The number of anilines is 1. The Hall–Kier alpha value is -1.58. The number of benzene rings is 1. The van der Waals surface area contributed by atoms with Crippen molar-refractivity contribution in [1.82, 2.24) is 0 Å². The average molecular weight is 251 g/mol. The minimum absolute atomic E-state index is 0.230. The lowest BCUT2D eigenvalue weighted by atomic mass is 9.97. The molecule has 1 N–H and O–H groups in total. The molecule has 0 amide bonds. The fraction of sp³-hybridized carbons (Fsp3) is 0.500. The lowest BCUT2D eigenvalue weighted by Crippen LogP contribution is -2.45. The van der Waals surface area contributed by atoms with Crippen LogP contribution in [0.4, 0.5) is 10.1 Å². The van der Waals surface area contributed by atoms with Crippen LogP contribution in [-0.4, -0.2) is 18.1 Å². The summed E-state index contributed by atoms with van der Waals surface area (Å²) in [6.07, 6.45) is 3.45. The molecule has 0 aromatic heterocycles. The van der Waals surface area contributed by atoms with E-state index in [0.29, 0.717) is 12.3 Å². The van der Waals surface area contributed by atoms with E-state index in [1.54, 1.807) is 19.1 Å². The van der Waals surface area contributed by atoms with Crippen molar-refractivity contribution in [3.63, 3.8) is 0 Å². The molecule has 98 valence electrons. The number of esters is 1. The van der Waals surface area contributed by atoms with E-state index in [9.17, 15) is 9.18 Å². The summed E-state index contributed by atoms with van der Waals surface area (Å²) in [6.45, 7) is 2.16. The Morgan fingerprint density at radius 3 is 2.78 bits per heavy atom. The van der Waals surface area contributed by atoms with E-state index in [1.807, 2.05) is 0 Å². The fourth-order valence-corrected chi connectivity index (χ4v) is 2.47. The van der Waals surface area contributed by atoms with Crippen LogP contribution in [-0.2, 0) is 9.53 Å². The molecule has 0 unspecified atom stereocenters. The number of hydrogen-bond donors (Lipinski definition) is 1. The van der Waals surface area contributed by atoms with Gasteiger partial charge >= 0.3 is 5.97 Å². The van der Waals surface area contributed by atoms with Crippen molar-refractivity contribution in [2.45, 2.75) is 38.1 Å². The van der Waals surface area contributed by atoms with Crippen LogP contribution in [0.3, 0.4) is 0 Å². The average Bonchev–Trinajstić information content (AvgIpc) is 2.79. The van der Waals surface area contributed by atoms with Crippen molar-refractivity contribution in [3.05, 3.63) is 30.1 Å². The molecular formula is C14H18FNO2. The van der Waals surface area contributed by atoms with Gasteiger partial charge in [0.1, 0.15) is 11.4 Å². The molecule has 0 atom stereocenters. The van der Waals surface area contributed by atoms with E-state index in [2.05, 4.69) is 5.32 Å². The zero-order valence-electron chi connectivity index (χ0n) is 10.5. The standard InChI is InChI=1S/C14H18FNO2/c1-2-18-13(17)14(8-3-4-9-14)16-12-7-5-6-11(15)10-12/h5-7,10,16H,2-4,8-9H2,1H3. The number of hydrogen-bond acceptors (Lipinski definition) is 3. The molecule has 0 radical (unpaired) electrons. The van der Waals surface area contributed by atoms with Crippen molar-refractivity contribution >= 4 is 11.7 Å². The second-order valence-electron chi connectivity index (χ2n) is 4.65. The minimum Gasteiger partial charge on any atom is -0.464 e. The van der Waals surface area contributed by atoms with Gasteiger partial charge < -0.3 is 10.1 Å². The first-order valence-corrected chi connectivity index (χ1v) is 6.37. The first-order chi connectivity index (χ1) is 8.66. The number of ether oxygens (including phenoxy) is 1. The van der Waals surface area contributed by atoms with Gasteiger partial charge in [-0.15, -0.1) is 0 Å². The van der Waals surface area contributed by atoms with Gasteiger partial charge in [-0.3, -0.25) is 0 Å². The van der Waals surface area contributed by atoms with Gasteiger partial charge in [0.25, 0.3) is 0 Å². The van der Waals surface area contributed by atoms with Crippen molar-refractivity contribution in [2.24, 2.45) is 0 Å². The fourth-order valence-electron chi connectivity index (χ4n) is 2.47. The van der Waals surface area contributed by atoms with Gasteiger partial charge in [0.05, 0.1) is 6.61 Å². The van der Waals surface area contributed by atoms with Crippen molar-refractivity contribution in [1.29, 1.82) is 0 Å². The molecule has 0 bridgehead atoms. The number of nitrogens with one attached hydrogen (secondary N) is 1. The summed E-state index contributed by atoms with van der Waals surface area (Å²) in [7, 11) is 0. The van der Waals surface area contributed by atoms with Crippen molar-refractivity contribution < 1.29 is 13.9 Å². The largest absolute Gasteiger partial charge is 0.464 e. The minimum atomic E-state index is -0.677. The van der Waals surface area contributed by atoms with Crippen LogP contribution in [0.25, 0.3) is 0 Å². The Kier molecular flexibility index (Phi) is 3.84. The third kappa shape index (κ3) is 2.63. The van der Waals surface area contributed by atoms with Crippen LogP contribution >= 0.6 is 0 Å². The number of rotatable bonds is 4. The topological polar surface area (TPSA) is 38.3 Å². The van der Waals surface area contributed by atoms with Crippen LogP contribution in [0, 0.1) is 5.82 Å². The molecule has 4 heteroatoms. The van der Waals surface area contributed by atoms with Gasteiger partial charge in [-0.1, -0.05) is 18.9 Å². The highest BCUT2D eigenvalue weighted by Crippen LogP contribution is 2.34. The highest BCUT2D eigenvalue weighted by molar-refractivity contribution is 5.85. The Labute approximate surface area is 106 Å². The molecule has 0 heterocycles. The van der Waals surface area contributed by atoms with Crippen molar-refractivity contribution in [2.75, 3.05) is 11.9 Å². The number of halogens is 1. The maximum Gasteiger partial charge on any atom is 0.331 e. The molecule has 18 heavy (non-hydrogen) atoms. The van der Waals surface area contributed by atoms with Gasteiger partial charge in [-0.05, 0) is 38.0 Å². The quantitative estimate of drug-likeness (QED) is 0.836. The number of carbonyl (C=O) groups is 1. The van der Waals surface area contributed by atoms with E-state index in [4.69, 9.17) is 4.74 Å². The molecule has 2 rings (SSSR count). The molecule has 1 saturated carbocycles. The van der Waals surface area contributed by atoms with Gasteiger partial charge in [0, 0.05) is 5.69 Å². The maximum atomic E-state index is 13.2. The zero-order chi connectivity index (χ0) is 13.0. The Bertz CT molecular complexity index is 428. The third-order valence-electron chi connectivity index (χ3n) is 3.33. The van der Waals surface area contributed by atoms with Crippen molar-refractivity contribution in [3.8, 4) is 0 Å². The van der Waals surface area contributed by atoms with E-state index in [1.165, 1.54) is 12.1 Å². The summed E-state index contributed by atoms with van der Waals surface area (Å²) in [5.41, 5.74) is -0.0472. The summed E-state index contributed by atoms with van der Waals surface area (Å²) in [5, 5.41) is 3.17. The smallest absolute Gasteiger partial charge is 0.331 e. The molecule has 3 nitrogen and oxygen atoms in total. The lowest BCUT2D eigenvalue weighted by molar-refractivity contribution is -0.148. The molecule has 1 aromatic rings. The third-order valence-corrected chi connectivity index (χ3v) is 3.33. The zero-order valence-corrected chi connectivity index (χ0v) is 10.5. The van der Waals surface area contributed by atoms with Gasteiger partial charge in [0.2, 0.25) is 0 Å². The monoisotopic (exact) mass is 251 g/mol. The van der Waals surface area contributed by atoms with Gasteiger partial charge in [0.15, 0.2) is 0 Å². The summed E-state index contributed by atoms with van der Waals surface area (Å²) in [6, 6.07) is 6.18. The number of carbonyl (C=O) groups excluding carboxylic acids is 1. The van der Waals surface area contributed by atoms with Crippen LogP contribution in [0.5, 0.6) is 0 Å². The highest BCUT2D eigenvalue weighted by atomic mass is 19.1. The summed E-state index contributed by atoms with van der Waals surface area (Å²) >= 11 is 0. The van der Waals surface area contributed by atoms with E-state index in [-0.39, 0.29) is 11.8 Å².